The van der Waals surface area contributed by atoms with Gasteiger partial charge in [0.1, 0.15) is 23.9 Å². The third-order valence-electron chi connectivity index (χ3n) is 5.53. The van der Waals surface area contributed by atoms with Crippen molar-refractivity contribution in [1.82, 2.24) is 14.8 Å². The maximum absolute atomic E-state index is 6.57. The fraction of sp³-hybridized carbons (Fsp3) is 0.130. The molecule has 2 aromatic carbocycles. The fourth-order valence-corrected chi connectivity index (χ4v) is 5.00. The van der Waals surface area contributed by atoms with Gasteiger partial charge in [-0.2, -0.15) is 10.1 Å². The van der Waals surface area contributed by atoms with Gasteiger partial charge in [-0.1, -0.05) is 30.3 Å². The van der Waals surface area contributed by atoms with E-state index in [4.69, 9.17) is 9.47 Å². The number of benzene rings is 2. The predicted octanol–water partition coefficient (Wildman–Crippen LogP) is 4.91. The van der Waals surface area contributed by atoms with Gasteiger partial charge in [0.15, 0.2) is 6.10 Å². The van der Waals surface area contributed by atoms with Crippen LogP contribution in [0.3, 0.4) is 0 Å². The number of para-hydroxylation sites is 1. The number of thiophene rings is 1. The zero-order valence-electron chi connectivity index (χ0n) is 16.1. The molecule has 0 unspecified atom stereocenters. The van der Waals surface area contributed by atoms with E-state index in [1.165, 1.54) is 0 Å². The number of rotatable bonds is 3. The van der Waals surface area contributed by atoms with Gasteiger partial charge in [-0.05, 0) is 41.3 Å². The Labute approximate surface area is 177 Å². The monoisotopic (exact) mass is 414 g/mol. The number of methoxy groups -OCH3 is 1. The van der Waals surface area contributed by atoms with Gasteiger partial charge in [-0.3, -0.25) is 0 Å². The molecule has 4 heterocycles. The minimum atomic E-state index is -0.226. The maximum Gasteiger partial charge on any atom is 0.226 e. The van der Waals surface area contributed by atoms with Crippen LogP contribution in [0.4, 0.5) is 5.95 Å². The van der Waals surface area contributed by atoms with Gasteiger partial charge in [0.05, 0.1) is 12.8 Å². The molecule has 0 bridgehead atoms. The topological polar surface area (TPSA) is 61.2 Å². The minimum absolute atomic E-state index is 0.172. The highest BCUT2D eigenvalue weighted by atomic mass is 32.1. The highest BCUT2D eigenvalue weighted by molar-refractivity contribution is 7.10. The largest absolute Gasteiger partial charge is 0.497 e. The second kappa shape index (κ2) is 6.74. The van der Waals surface area contributed by atoms with Gasteiger partial charge in [0, 0.05) is 16.0 Å². The van der Waals surface area contributed by atoms with E-state index in [0.29, 0.717) is 5.95 Å². The van der Waals surface area contributed by atoms with E-state index in [0.717, 1.165) is 38.8 Å². The first-order valence-electron chi connectivity index (χ1n) is 9.67. The van der Waals surface area contributed by atoms with Crippen LogP contribution in [0, 0.1) is 0 Å². The first kappa shape index (κ1) is 17.3. The van der Waals surface area contributed by atoms with E-state index in [1.807, 2.05) is 35.0 Å². The number of fused-ring (bicyclic) bond motifs is 3. The zero-order valence-corrected chi connectivity index (χ0v) is 17.0. The van der Waals surface area contributed by atoms with Crippen molar-refractivity contribution in [3.8, 4) is 11.5 Å². The molecule has 2 atom stereocenters. The van der Waals surface area contributed by atoms with Gasteiger partial charge in [-0.15, -0.1) is 11.3 Å². The van der Waals surface area contributed by atoms with Crippen LogP contribution < -0.4 is 14.8 Å². The van der Waals surface area contributed by atoms with Crippen LogP contribution in [-0.4, -0.2) is 21.9 Å². The molecule has 0 radical (unpaired) electrons. The highest BCUT2D eigenvalue weighted by Gasteiger charge is 2.41. The number of hydrogen-bond acceptors (Lipinski definition) is 6. The summed E-state index contributed by atoms with van der Waals surface area (Å²) < 4.78 is 14.0. The SMILES string of the molecule is COc1cccc([C@H]2C3=C(Nc4ncnn42)c2ccccc2O[C@H]3c2cccs2)c1. The van der Waals surface area contributed by atoms with Crippen molar-refractivity contribution in [2.24, 2.45) is 0 Å². The summed E-state index contributed by atoms with van der Waals surface area (Å²) in [5.74, 6) is 2.38. The second-order valence-corrected chi connectivity index (χ2v) is 8.15. The van der Waals surface area contributed by atoms with Crippen molar-refractivity contribution in [3.05, 3.63) is 93.9 Å². The summed E-state index contributed by atoms with van der Waals surface area (Å²) in [6, 6.07) is 20.2. The van der Waals surface area contributed by atoms with E-state index < -0.39 is 0 Å². The molecule has 2 aromatic heterocycles. The van der Waals surface area contributed by atoms with E-state index >= 15 is 0 Å². The lowest BCUT2D eigenvalue weighted by molar-refractivity contribution is 0.226. The smallest absolute Gasteiger partial charge is 0.226 e. The molecule has 2 aliphatic rings. The van der Waals surface area contributed by atoms with E-state index in [-0.39, 0.29) is 12.1 Å². The van der Waals surface area contributed by atoms with E-state index in [2.05, 4.69) is 51.1 Å². The number of anilines is 1. The normalized spacial score (nSPS) is 19.2. The number of ether oxygens (including phenoxy) is 2. The Morgan fingerprint density at radius 3 is 2.90 bits per heavy atom. The molecule has 0 spiro atoms. The van der Waals surface area contributed by atoms with Crippen LogP contribution in [0.1, 0.15) is 28.1 Å². The van der Waals surface area contributed by atoms with Crippen molar-refractivity contribution in [2.75, 3.05) is 12.4 Å². The van der Waals surface area contributed by atoms with E-state index in [1.54, 1.807) is 24.8 Å². The van der Waals surface area contributed by atoms with Gasteiger partial charge < -0.3 is 14.8 Å². The molecule has 0 aliphatic carbocycles. The predicted molar refractivity (Wildman–Crippen MR) is 116 cm³/mol. The van der Waals surface area contributed by atoms with Gasteiger partial charge in [-0.25, -0.2) is 4.68 Å². The molecule has 1 N–H and O–H groups in total. The van der Waals surface area contributed by atoms with Crippen molar-refractivity contribution in [1.29, 1.82) is 0 Å². The Hall–Kier alpha value is -3.58. The molecule has 6 rings (SSSR count). The third kappa shape index (κ3) is 2.55. The quantitative estimate of drug-likeness (QED) is 0.516. The highest BCUT2D eigenvalue weighted by Crippen LogP contribution is 2.51. The maximum atomic E-state index is 6.57. The van der Waals surface area contributed by atoms with Crippen LogP contribution >= 0.6 is 11.3 Å². The molecule has 4 aromatic rings. The van der Waals surface area contributed by atoms with Crippen LogP contribution in [0.25, 0.3) is 5.70 Å². The Morgan fingerprint density at radius 2 is 2.03 bits per heavy atom. The number of nitrogens with one attached hydrogen (secondary N) is 1. The number of nitrogens with zero attached hydrogens (tertiary/aromatic N) is 3. The first-order valence-corrected chi connectivity index (χ1v) is 10.6. The molecule has 0 amide bonds. The summed E-state index contributed by atoms with van der Waals surface area (Å²) in [4.78, 5) is 5.61. The number of aromatic nitrogens is 3. The lowest BCUT2D eigenvalue weighted by atomic mass is 9.86. The fourth-order valence-electron chi connectivity index (χ4n) is 4.23. The average molecular weight is 414 g/mol. The lowest BCUT2D eigenvalue weighted by Crippen LogP contribution is -2.32. The van der Waals surface area contributed by atoms with Crippen LogP contribution in [0.15, 0.2) is 77.9 Å². The van der Waals surface area contributed by atoms with Gasteiger partial charge in [0.25, 0.3) is 0 Å². The first-order chi connectivity index (χ1) is 14.8. The molecule has 0 fully saturated rings. The summed E-state index contributed by atoms with van der Waals surface area (Å²) >= 11 is 1.69. The minimum Gasteiger partial charge on any atom is -0.497 e. The van der Waals surface area contributed by atoms with Crippen molar-refractivity contribution >= 4 is 23.0 Å². The zero-order chi connectivity index (χ0) is 20.1. The molecule has 148 valence electrons. The Kier molecular flexibility index (Phi) is 3.89. The summed E-state index contributed by atoms with van der Waals surface area (Å²) in [5.41, 5.74) is 4.24. The summed E-state index contributed by atoms with van der Waals surface area (Å²) in [6.07, 6.45) is 1.36. The van der Waals surface area contributed by atoms with E-state index in [9.17, 15) is 0 Å². The van der Waals surface area contributed by atoms with Crippen LogP contribution in [0.5, 0.6) is 11.5 Å². The molecular weight excluding hydrogens is 396 g/mol. The standard InChI is InChI=1S/C23H18N4O2S/c1-28-15-7-4-6-14(12-15)21-19-20(26-23-24-13-25-27(21)23)16-8-2-3-9-17(16)29-22(19)18-10-5-11-30-18/h2-13,21-22H,1H3,(H,24,25,26)/t21-,22-/m0/s1. The second-order valence-electron chi connectivity index (χ2n) is 7.17. The van der Waals surface area contributed by atoms with Crippen LogP contribution in [-0.2, 0) is 0 Å². The molecule has 0 saturated carbocycles. The summed E-state index contributed by atoms with van der Waals surface area (Å²) in [5, 5.41) is 10.1. The van der Waals surface area contributed by atoms with Crippen molar-refractivity contribution < 1.29 is 9.47 Å². The third-order valence-corrected chi connectivity index (χ3v) is 6.45. The van der Waals surface area contributed by atoms with Crippen molar-refractivity contribution in [2.45, 2.75) is 12.1 Å². The van der Waals surface area contributed by atoms with Gasteiger partial charge in [0.2, 0.25) is 5.95 Å². The molecule has 6 nitrogen and oxygen atoms in total. The Balaban J connectivity index is 1.63. The number of hydrogen-bond donors (Lipinski definition) is 1. The molecule has 7 heteroatoms. The molecule has 0 saturated heterocycles. The van der Waals surface area contributed by atoms with Crippen molar-refractivity contribution in [3.63, 3.8) is 0 Å². The molecule has 2 aliphatic heterocycles. The Bertz CT molecular complexity index is 1260. The molecule has 30 heavy (non-hydrogen) atoms. The lowest BCUT2D eigenvalue weighted by Gasteiger charge is -2.38. The van der Waals surface area contributed by atoms with Gasteiger partial charge >= 0.3 is 0 Å². The Morgan fingerprint density at radius 1 is 1.10 bits per heavy atom. The summed E-state index contributed by atoms with van der Waals surface area (Å²) in [7, 11) is 1.68. The van der Waals surface area contributed by atoms with Crippen LogP contribution in [0.2, 0.25) is 0 Å². The average Bonchev–Trinajstić information content (AvgIpc) is 3.49. The summed E-state index contributed by atoms with van der Waals surface area (Å²) in [6.45, 7) is 0. The molecular formula is C23H18N4O2S.